The van der Waals surface area contributed by atoms with Crippen LogP contribution in [0.15, 0.2) is 48.5 Å². The van der Waals surface area contributed by atoms with Gasteiger partial charge in [-0.25, -0.2) is 0 Å². The van der Waals surface area contributed by atoms with Crippen LogP contribution in [-0.2, 0) is 17.8 Å². The number of rotatable bonds is 3. The fourth-order valence-corrected chi connectivity index (χ4v) is 3.81. The minimum atomic E-state index is -0.696. The number of anilines is 1. The zero-order valence-corrected chi connectivity index (χ0v) is 16.0. The van der Waals surface area contributed by atoms with Gasteiger partial charge >= 0.3 is 0 Å². The molecule has 0 bridgehead atoms. The molecule has 3 aromatic rings. The maximum absolute atomic E-state index is 12.7. The molecule has 0 spiro atoms. The number of aryl methyl sites for hydroxylation is 1. The van der Waals surface area contributed by atoms with Crippen LogP contribution >= 0.6 is 0 Å². The molecule has 3 heterocycles. The fraction of sp³-hybridized carbons (Fsp3) is 0.318. The van der Waals surface area contributed by atoms with Crippen LogP contribution in [-0.4, -0.2) is 33.4 Å². The highest BCUT2D eigenvalue weighted by Crippen LogP contribution is 2.31. The van der Waals surface area contributed by atoms with Gasteiger partial charge in [0.15, 0.2) is 17.3 Å². The van der Waals surface area contributed by atoms with Gasteiger partial charge < -0.3 is 19.4 Å². The molecule has 0 saturated heterocycles. The van der Waals surface area contributed by atoms with Crippen molar-refractivity contribution in [3.63, 3.8) is 0 Å². The molecule has 0 unspecified atom stereocenters. The molecule has 7 nitrogen and oxygen atoms in total. The summed E-state index contributed by atoms with van der Waals surface area (Å²) in [6, 6.07) is 15.1. The molecule has 0 fully saturated rings. The molecule has 7 heteroatoms. The monoisotopic (exact) mass is 390 g/mol. The van der Waals surface area contributed by atoms with E-state index in [1.165, 1.54) is 6.42 Å². The number of nitrogens with zero attached hydrogens (tertiary/aromatic N) is 3. The number of ether oxygens (including phenoxy) is 2. The van der Waals surface area contributed by atoms with E-state index in [9.17, 15) is 4.79 Å². The number of carbonyl (C=O) groups is 1. The van der Waals surface area contributed by atoms with Crippen molar-refractivity contribution in [1.82, 2.24) is 14.8 Å². The molecular weight excluding hydrogens is 368 g/mol. The van der Waals surface area contributed by atoms with Crippen LogP contribution in [0.1, 0.15) is 25.1 Å². The second kappa shape index (κ2) is 7.58. The SMILES string of the molecule is O=C(Nc1cccc(-c2nnc3n2CCCCC3)c1)[C@H]1COc2ccccc2O1. The van der Waals surface area contributed by atoms with Crippen LogP contribution in [0.25, 0.3) is 11.4 Å². The summed E-state index contributed by atoms with van der Waals surface area (Å²) >= 11 is 0. The zero-order chi connectivity index (χ0) is 19.6. The number of carbonyl (C=O) groups excluding carboxylic acids is 1. The lowest BCUT2D eigenvalue weighted by Crippen LogP contribution is -2.40. The first-order chi connectivity index (χ1) is 14.3. The maximum Gasteiger partial charge on any atom is 0.269 e. The van der Waals surface area contributed by atoms with Crippen molar-refractivity contribution in [3.05, 3.63) is 54.4 Å². The lowest BCUT2D eigenvalue weighted by Gasteiger charge is -2.25. The molecule has 0 radical (unpaired) electrons. The molecule has 2 aliphatic heterocycles. The minimum absolute atomic E-state index is 0.181. The average molecular weight is 390 g/mol. The Bertz CT molecular complexity index is 1050. The van der Waals surface area contributed by atoms with E-state index in [0.717, 1.165) is 43.0 Å². The van der Waals surface area contributed by atoms with Gasteiger partial charge in [0.25, 0.3) is 5.91 Å². The van der Waals surface area contributed by atoms with Crippen LogP contribution in [0.5, 0.6) is 11.5 Å². The van der Waals surface area contributed by atoms with Crippen LogP contribution in [0.2, 0.25) is 0 Å². The summed E-state index contributed by atoms with van der Waals surface area (Å²) < 4.78 is 13.6. The van der Waals surface area contributed by atoms with Gasteiger partial charge in [0.05, 0.1) is 0 Å². The normalized spacial score (nSPS) is 17.9. The number of nitrogens with one attached hydrogen (secondary N) is 1. The van der Waals surface area contributed by atoms with Gasteiger partial charge in [-0.05, 0) is 37.1 Å². The summed E-state index contributed by atoms with van der Waals surface area (Å²) in [7, 11) is 0. The van der Waals surface area contributed by atoms with Gasteiger partial charge in [0.1, 0.15) is 12.4 Å². The Kier molecular flexibility index (Phi) is 4.63. The molecular formula is C22H22N4O3. The van der Waals surface area contributed by atoms with E-state index >= 15 is 0 Å². The Morgan fingerprint density at radius 2 is 1.93 bits per heavy atom. The predicted octanol–water partition coefficient (Wildman–Crippen LogP) is 3.45. The topological polar surface area (TPSA) is 78.3 Å². The molecule has 0 aliphatic carbocycles. The molecule has 29 heavy (non-hydrogen) atoms. The Morgan fingerprint density at radius 3 is 2.86 bits per heavy atom. The van der Waals surface area contributed by atoms with Gasteiger partial charge in [0, 0.05) is 24.2 Å². The molecule has 148 valence electrons. The first-order valence-electron chi connectivity index (χ1n) is 10.00. The quantitative estimate of drug-likeness (QED) is 0.741. The molecule has 0 saturated carbocycles. The second-order valence-electron chi connectivity index (χ2n) is 7.34. The molecule has 2 aliphatic rings. The van der Waals surface area contributed by atoms with E-state index in [1.54, 1.807) is 6.07 Å². The lowest BCUT2D eigenvalue weighted by atomic mass is 10.1. The minimum Gasteiger partial charge on any atom is -0.485 e. The zero-order valence-electron chi connectivity index (χ0n) is 16.0. The Hall–Kier alpha value is -3.35. The smallest absolute Gasteiger partial charge is 0.269 e. The third-order valence-electron chi connectivity index (χ3n) is 5.30. The third kappa shape index (κ3) is 3.55. The Labute approximate surface area is 168 Å². The largest absolute Gasteiger partial charge is 0.485 e. The number of hydrogen-bond donors (Lipinski definition) is 1. The first kappa shape index (κ1) is 17.7. The molecule has 1 N–H and O–H groups in total. The summed E-state index contributed by atoms with van der Waals surface area (Å²) in [5.41, 5.74) is 1.63. The van der Waals surface area contributed by atoms with E-state index in [2.05, 4.69) is 20.1 Å². The first-order valence-corrected chi connectivity index (χ1v) is 10.00. The van der Waals surface area contributed by atoms with E-state index in [1.807, 2.05) is 42.5 Å². The fourth-order valence-electron chi connectivity index (χ4n) is 3.81. The summed E-state index contributed by atoms with van der Waals surface area (Å²) in [6.45, 7) is 1.11. The van der Waals surface area contributed by atoms with Crippen molar-refractivity contribution in [2.75, 3.05) is 11.9 Å². The Balaban J connectivity index is 1.33. The molecule has 2 aromatic carbocycles. The van der Waals surface area contributed by atoms with Gasteiger partial charge in [0.2, 0.25) is 6.10 Å². The maximum atomic E-state index is 12.7. The van der Waals surface area contributed by atoms with E-state index in [0.29, 0.717) is 17.2 Å². The predicted molar refractivity (Wildman–Crippen MR) is 108 cm³/mol. The van der Waals surface area contributed by atoms with Crippen molar-refractivity contribution < 1.29 is 14.3 Å². The lowest BCUT2D eigenvalue weighted by molar-refractivity contribution is -0.125. The number of fused-ring (bicyclic) bond motifs is 2. The van der Waals surface area contributed by atoms with Crippen molar-refractivity contribution in [3.8, 4) is 22.9 Å². The summed E-state index contributed by atoms with van der Waals surface area (Å²) in [5.74, 6) is 2.89. The van der Waals surface area contributed by atoms with Crippen LogP contribution in [0.3, 0.4) is 0 Å². The number of para-hydroxylation sites is 2. The average Bonchev–Trinajstić information content (AvgIpc) is 3.02. The summed E-state index contributed by atoms with van der Waals surface area (Å²) in [6.07, 6.45) is 3.77. The Morgan fingerprint density at radius 1 is 1.03 bits per heavy atom. The van der Waals surface area contributed by atoms with Crippen molar-refractivity contribution in [2.24, 2.45) is 0 Å². The van der Waals surface area contributed by atoms with Crippen molar-refractivity contribution in [1.29, 1.82) is 0 Å². The highest BCUT2D eigenvalue weighted by Gasteiger charge is 2.27. The van der Waals surface area contributed by atoms with Crippen LogP contribution in [0.4, 0.5) is 5.69 Å². The standard InChI is InChI=1S/C22H22N4O3/c27-22(19-14-28-17-9-3-4-10-18(17)29-19)23-16-8-6-7-15(13-16)21-25-24-20-11-2-1-5-12-26(20)21/h3-4,6-10,13,19H,1-2,5,11-12,14H2,(H,23,27)/t19-/m1/s1. The number of amides is 1. The molecule has 5 rings (SSSR count). The summed E-state index contributed by atoms with van der Waals surface area (Å²) in [5, 5.41) is 11.7. The van der Waals surface area contributed by atoms with Gasteiger partial charge in [-0.3, -0.25) is 4.79 Å². The molecule has 1 amide bonds. The van der Waals surface area contributed by atoms with Gasteiger partial charge in [-0.1, -0.05) is 30.7 Å². The number of hydrogen-bond acceptors (Lipinski definition) is 5. The third-order valence-corrected chi connectivity index (χ3v) is 5.30. The molecule has 1 atom stereocenters. The highest BCUT2D eigenvalue weighted by molar-refractivity contribution is 5.95. The summed E-state index contributed by atoms with van der Waals surface area (Å²) in [4.78, 5) is 12.7. The highest BCUT2D eigenvalue weighted by atomic mass is 16.6. The van der Waals surface area contributed by atoms with Crippen molar-refractivity contribution >= 4 is 11.6 Å². The second-order valence-corrected chi connectivity index (χ2v) is 7.34. The van der Waals surface area contributed by atoms with Gasteiger partial charge in [-0.2, -0.15) is 0 Å². The van der Waals surface area contributed by atoms with E-state index in [4.69, 9.17) is 9.47 Å². The van der Waals surface area contributed by atoms with Crippen molar-refractivity contribution in [2.45, 2.75) is 38.3 Å². The van der Waals surface area contributed by atoms with E-state index < -0.39 is 6.10 Å². The molecule has 1 aromatic heterocycles. The van der Waals surface area contributed by atoms with Gasteiger partial charge in [-0.15, -0.1) is 10.2 Å². The number of benzene rings is 2. The number of aromatic nitrogens is 3. The van der Waals surface area contributed by atoms with Crippen LogP contribution < -0.4 is 14.8 Å². The van der Waals surface area contributed by atoms with Crippen LogP contribution in [0, 0.1) is 0 Å². The van der Waals surface area contributed by atoms with E-state index in [-0.39, 0.29) is 12.5 Å².